The first-order valence-corrected chi connectivity index (χ1v) is 6.08. The van der Waals surface area contributed by atoms with Crippen LogP contribution in [0.25, 0.3) is 0 Å². The zero-order valence-electron chi connectivity index (χ0n) is 9.37. The van der Waals surface area contributed by atoms with E-state index < -0.39 is 23.9 Å². The highest BCUT2D eigenvalue weighted by Crippen LogP contribution is 2.38. The molecule has 2 heterocycles. The molecule has 2 aliphatic rings. The van der Waals surface area contributed by atoms with Crippen molar-refractivity contribution in [2.45, 2.75) is 18.3 Å². The van der Waals surface area contributed by atoms with Gasteiger partial charge >= 0.3 is 11.9 Å². The van der Waals surface area contributed by atoms with Crippen LogP contribution in [0.3, 0.4) is 0 Å². The predicted molar refractivity (Wildman–Crippen MR) is 60.6 cm³/mol. The minimum Gasteiger partial charge on any atom is -0.477 e. The number of thioether (sulfide) groups is 1. The number of amides is 1. The fourth-order valence-corrected chi connectivity index (χ4v) is 2.94. The van der Waals surface area contributed by atoms with Crippen molar-refractivity contribution >= 4 is 29.6 Å². The van der Waals surface area contributed by atoms with Crippen molar-refractivity contribution in [3.8, 4) is 0 Å². The lowest BCUT2D eigenvalue weighted by molar-refractivity contribution is -0.149. The summed E-state index contributed by atoms with van der Waals surface area (Å²) in [5.74, 6) is -2.05. The van der Waals surface area contributed by atoms with E-state index >= 15 is 0 Å². The van der Waals surface area contributed by atoms with Gasteiger partial charge in [0.25, 0.3) is 0 Å². The molecule has 2 rings (SSSR count). The van der Waals surface area contributed by atoms with Gasteiger partial charge in [0.1, 0.15) is 11.4 Å². The summed E-state index contributed by atoms with van der Waals surface area (Å²) < 4.78 is 0. The molecule has 18 heavy (non-hydrogen) atoms. The molecule has 4 N–H and O–H groups in total. The van der Waals surface area contributed by atoms with E-state index in [0.29, 0.717) is 0 Å². The molecule has 98 valence electrons. The van der Waals surface area contributed by atoms with Gasteiger partial charge in [0.2, 0.25) is 5.91 Å². The highest BCUT2D eigenvalue weighted by atomic mass is 32.2. The van der Waals surface area contributed by atoms with Crippen LogP contribution in [0.1, 0.15) is 6.92 Å². The van der Waals surface area contributed by atoms with E-state index in [4.69, 9.17) is 10.8 Å². The van der Waals surface area contributed by atoms with Gasteiger partial charge in [-0.3, -0.25) is 14.5 Å². The summed E-state index contributed by atoms with van der Waals surface area (Å²) >= 11 is 1.31. The Bertz CT molecular complexity index is 463. The second-order valence-electron chi connectivity index (χ2n) is 3.76. The summed E-state index contributed by atoms with van der Waals surface area (Å²) in [5, 5.41) is 8.75. The number of fused-ring (bicyclic) bond motifs is 1. The number of aliphatic carboxylic acids is 1. The number of carboxylic acids is 1. The summed E-state index contributed by atoms with van der Waals surface area (Å²) in [4.78, 5) is 39.0. The standard InChI is InChI=1S/C9H11N3O5S/c1-3(13)17-11-4-2-18-8-5(10)7(14)12(8)6(4)9(15)16/h5,8,11H,2,10H2,1H3,(H,15,16)/t5-,8-/m1/s1. The van der Waals surface area contributed by atoms with Gasteiger partial charge in [0.05, 0.1) is 5.70 Å². The van der Waals surface area contributed by atoms with Crippen molar-refractivity contribution in [1.82, 2.24) is 10.4 Å². The van der Waals surface area contributed by atoms with Gasteiger partial charge in [-0.05, 0) is 0 Å². The lowest BCUT2D eigenvalue weighted by atomic mass is 10.1. The van der Waals surface area contributed by atoms with Crippen LogP contribution in [0.4, 0.5) is 0 Å². The normalized spacial score (nSPS) is 26.3. The van der Waals surface area contributed by atoms with E-state index in [0.717, 1.165) is 4.90 Å². The average molecular weight is 273 g/mol. The Kier molecular flexibility index (Phi) is 3.18. The fourth-order valence-electron chi connectivity index (χ4n) is 1.73. The number of nitrogens with one attached hydrogen (secondary N) is 1. The summed E-state index contributed by atoms with van der Waals surface area (Å²) in [5.41, 5.74) is 7.79. The first-order chi connectivity index (χ1) is 8.43. The number of carbonyl (C=O) groups excluding carboxylic acids is 2. The van der Waals surface area contributed by atoms with E-state index in [2.05, 4.69) is 10.3 Å². The Balaban J connectivity index is 2.26. The van der Waals surface area contributed by atoms with Crippen LogP contribution in [-0.2, 0) is 19.2 Å². The van der Waals surface area contributed by atoms with Gasteiger partial charge in [0.15, 0.2) is 5.70 Å². The molecule has 0 unspecified atom stereocenters. The van der Waals surface area contributed by atoms with Crippen LogP contribution in [0.2, 0.25) is 0 Å². The molecule has 0 saturated carbocycles. The Morgan fingerprint density at radius 2 is 2.28 bits per heavy atom. The Morgan fingerprint density at radius 3 is 2.83 bits per heavy atom. The van der Waals surface area contributed by atoms with Gasteiger partial charge < -0.3 is 15.7 Å². The van der Waals surface area contributed by atoms with Crippen LogP contribution in [-0.4, -0.2) is 45.0 Å². The van der Waals surface area contributed by atoms with Gasteiger partial charge in [-0.2, -0.15) is 0 Å². The van der Waals surface area contributed by atoms with E-state index in [9.17, 15) is 14.4 Å². The Hall–Kier alpha value is -1.74. The Morgan fingerprint density at radius 1 is 1.61 bits per heavy atom. The van der Waals surface area contributed by atoms with E-state index in [-0.39, 0.29) is 22.5 Å². The molecule has 8 nitrogen and oxygen atoms in total. The number of β-lactam (4-membered cyclic amide) rings is 1. The van der Waals surface area contributed by atoms with Gasteiger partial charge in [-0.25, -0.2) is 10.3 Å². The molecule has 0 spiro atoms. The summed E-state index contributed by atoms with van der Waals surface area (Å²) in [6, 6.07) is -0.681. The van der Waals surface area contributed by atoms with Gasteiger partial charge in [-0.15, -0.1) is 11.8 Å². The number of hydrogen-bond donors (Lipinski definition) is 3. The zero-order valence-corrected chi connectivity index (χ0v) is 10.2. The number of rotatable bonds is 3. The second kappa shape index (κ2) is 4.50. The largest absolute Gasteiger partial charge is 0.477 e. The van der Waals surface area contributed by atoms with Crippen molar-refractivity contribution in [1.29, 1.82) is 0 Å². The van der Waals surface area contributed by atoms with E-state index in [1.54, 1.807) is 0 Å². The maximum Gasteiger partial charge on any atom is 0.354 e. The zero-order chi connectivity index (χ0) is 13.4. The lowest BCUT2D eigenvalue weighted by Gasteiger charge is -2.47. The molecule has 1 saturated heterocycles. The average Bonchev–Trinajstić information content (AvgIpc) is 2.33. The molecular weight excluding hydrogens is 262 g/mol. The molecular formula is C9H11N3O5S. The number of nitrogens with zero attached hydrogens (tertiary/aromatic N) is 1. The van der Waals surface area contributed by atoms with Crippen LogP contribution in [0.5, 0.6) is 0 Å². The SMILES string of the molecule is CC(=O)ONC1=C(C(=O)O)N2C(=O)[C@@H](N)[C@H]2SC1. The van der Waals surface area contributed by atoms with Crippen molar-refractivity contribution in [2.24, 2.45) is 5.73 Å². The number of hydroxylamine groups is 1. The highest BCUT2D eigenvalue weighted by molar-refractivity contribution is 8.00. The molecule has 0 bridgehead atoms. The number of carbonyl (C=O) groups is 3. The van der Waals surface area contributed by atoms with Crippen LogP contribution in [0, 0.1) is 0 Å². The summed E-state index contributed by atoms with van der Waals surface area (Å²) in [6.07, 6.45) is 0. The van der Waals surface area contributed by atoms with Crippen LogP contribution in [0.15, 0.2) is 11.4 Å². The summed E-state index contributed by atoms with van der Waals surface area (Å²) in [6.45, 7) is 1.18. The molecule has 0 radical (unpaired) electrons. The Labute approximate surface area is 106 Å². The maximum absolute atomic E-state index is 11.5. The molecule has 9 heteroatoms. The second-order valence-corrected chi connectivity index (χ2v) is 4.87. The van der Waals surface area contributed by atoms with Crippen molar-refractivity contribution in [2.75, 3.05) is 5.75 Å². The van der Waals surface area contributed by atoms with Gasteiger partial charge in [0, 0.05) is 12.7 Å². The third-order valence-corrected chi connectivity index (χ3v) is 3.83. The van der Waals surface area contributed by atoms with Gasteiger partial charge in [-0.1, -0.05) is 0 Å². The van der Waals surface area contributed by atoms with Crippen molar-refractivity contribution in [3.05, 3.63) is 11.4 Å². The number of carboxylic acid groups (broad SMARTS) is 1. The van der Waals surface area contributed by atoms with E-state index in [1.807, 2.05) is 0 Å². The first kappa shape index (κ1) is 12.7. The quantitative estimate of drug-likeness (QED) is 0.423. The highest BCUT2D eigenvalue weighted by Gasteiger charge is 2.52. The molecule has 2 aliphatic heterocycles. The lowest BCUT2D eigenvalue weighted by Crippen LogP contribution is -2.68. The minimum absolute atomic E-state index is 0.166. The van der Waals surface area contributed by atoms with Crippen molar-refractivity contribution in [3.63, 3.8) is 0 Å². The molecule has 2 atom stereocenters. The van der Waals surface area contributed by atoms with Crippen LogP contribution < -0.4 is 11.2 Å². The monoisotopic (exact) mass is 273 g/mol. The smallest absolute Gasteiger partial charge is 0.354 e. The first-order valence-electron chi connectivity index (χ1n) is 5.03. The molecule has 0 aromatic heterocycles. The molecule has 1 fully saturated rings. The summed E-state index contributed by atoms with van der Waals surface area (Å²) in [7, 11) is 0. The molecule has 0 aromatic rings. The third-order valence-electron chi connectivity index (χ3n) is 2.53. The van der Waals surface area contributed by atoms with Crippen LogP contribution >= 0.6 is 11.8 Å². The molecule has 0 aliphatic carbocycles. The number of hydrogen-bond acceptors (Lipinski definition) is 7. The fraction of sp³-hybridized carbons (Fsp3) is 0.444. The number of nitrogens with two attached hydrogens (primary N) is 1. The maximum atomic E-state index is 11.5. The minimum atomic E-state index is -1.27. The topological polar surface area (TPSA) is 122 Å². The van der Waals surface area contributed by atoms with Crippen molar-refractivity contribution < 1.29 is 24.3 Å². The molecule has 1 amide bonds. The third kappa shape index (κ3) is 1.91. The molecule has 0 aromatic carbocycles. The predicted octanol–water partition coefficient (Wildman–Crippen LogP) is -1.41. The van der Waals surface area contributed by atoms with E-state index in [1.165, 1.54) is 18.7 Å².